The number of carbonyl (C=O) groups is 1. The second-order valence-electron chi connectivity index (χ2n) is 26.0. The van der Waals surface area contributed by atoms with E-state index in [1.165, 1.54) is 12.5 Å². The number of carboxylic acids is 1. The highest BCUT2D eigenvalue weighted by molar-refractivity contribution is 5.73. The minimum absolute atomic E-state index is 0.00990. The largest absolute Gasteiger partial charge is 0.479 e. The van der Waals surface area contributed by atoms with Crippen LogP contribution >= 0.6 is 0 Å². The van der Waals surface area contributed by atoms with Crippen LogP contribution in [0.15, 0.2) is 11.6 Å². The van der Waals surface area contributed by atoms with Gasteiger partial charge >= 0.3 is 5.97 Å². The number of hydrogen-bond acceptors (Lipinski definition) is 21. The fourth-order valence-corrected chi connectivity index (χ4v) is 16.3. The average molecular weight is 1080 g/mol. The van der Waals surface area contributed by atoms with Gasteiger partial charge in [0.2, 0.25) is 0 Å². The van der Waals surface area contributed by atoms with E-state index in [1.807, 2.05) is 6.92 Å². The summed E-state index contributed by atoms with van der Waals surface area (Å²) < 4.78 is 48.7. The van der Waals surface area contributed by atoms with E-state index in [-0.39, 0.29) is 51.4 Å². The first-order valence-electron chi connectivity index (χ1n) is 27.2. The first kappa shape index (κ1) is 58.1. The molecule has 0 unspecified atom stereocenters. The van der Waals surface area contributed by atoms with Gasteiger partial charge in [0.25, 0.3) is 0 Å². The van der Waals surface area contributed by atoms with Crippen LogP contribution < -0.4 is 0 Å². The summed E-state index contributed by atoms with van der Waals surface area (Å²) in [6, 6.07) is 0. The molecule has 4 heterocycles. The Balaban J connectivity index is 1.02. The predicted molar refractivity (Wildman–Crippen MR) is 257 cm³/mol. The number of rotatable bonds is 11. The number of ether oxygens (including phenoxy) is 8. The van der Waals surface area contributed by atoms with Gasteiger partial charge in [-0.3, -0.25) is 0 Å². The minimum Gasteiger partial charge on any atom is -0.479 e. The summed E-state index contributed by atoms with van der Waals surface area (Å²) in [7, 11) is 0. The highest BCUT2D eigenvalue weighted by Crippen LogP contribution is 2.76. The van der Waals surface area contributed by atoms with Crippen molar-refractivity contribution in [3.8, 4) is 0 Å². The molecule has 0 radical (unpaired) electrons. The van der Waals surface area contributed by atoms with E-state index >= 15 is 0 Å². The molecule has 0 amide bonds. The zero-order valence-corrected chi connectivity index (χ0v) is 44.4. The van der Waals surface area contributed by atoms with Crippen molar-refractivity contribution >= 4 is 5.97 Å². The van der Waals surface area contributed by atoms with Crippen LogP contribution in [0.4, 0.5) is 0 Å². The lowest BCUT2D eigenvalue weighted by Gasteiger charge is -2.72. The quantitative estimate of drug-likeness (QED) is 0.0887. The fraction of sp³-hybridized carbons (Fsp3) is 0.943. The predicted octanol–water partition coefficient (Wildman–Crippen LogP) is -0.832. The molecule has 13 N–H and O–H groups in total. The van der Waals surface area contributed by atoms with Crippen LogP contribution in [0.5, 0.6) is 0 Å². The van der Waals surface area contributed by atoms with E-state index in [0.29, 0.717) is 12.8 Å². The second kappa shape index (κ2) is 20.7. The van der Waals surface area contributed by atoms with Gasteiger partial charge in [0, 0.05) is 10.8 Å². The third-order valence-corrected chi connectivity index (χ3v) is 21.2. The highest BCUT2D eigenvalue weighted by Gasteiger charge is 2.70. The monoisotopic (exact) mass is 1070 g/mol. The number of allylic oxidation sites excluding steroid dienone is 2. The van der Waals surface area contributed by atoms with Crippen molar-refractivity contribution < 1.29 is 109 Å². The minimum atomic E-state index is -2.15. The lowest BCUT2D eigenvalue weighted by Crippen LogP contribution is -2.69. The number of aliphatic carboxylic acids is 1. The number of aliphatic hydroxyl groups is 12. The molecule has 0 aromatic rings. The molecular weight excluding hydrogens is 989 g/mol. The molecule has 430 valence electrons. The topological polar surface area (TPSA) is 354 Å². The number of aliphatic hydroxyl groups excluding tert-OH is 12. The van der Waals surface area contributed by atoms with E-state index in [4.69, 9.17) is 37.9 Å². The van der Waals surface area contributed by atoms with E-state index in [0.717, 1.165) is 44.9 Å². The van der Waals surface area contributed by atoms with Gasteiger partial charge in [-0.25, -0.2) is 4.79 Å². The summed E-state index contributed by atoms with van der Waals surface area (Å²) >= 11 is 0. The Labute approximate surface area is 437 Å². The molecular formula is C53H86O22. The van der Waals surface area contributed by atoms with Gasteiger partial charge in [0.15, 0.2) is 31.3 Å². The molecule has 22 nitrogen and oxygen atoms in total. The number of hydrogen-bond donors (Lipinski definition) is 13. The van der Waals surface area contributed by atoms with Crippen LogP contribution in [-0.4, -0.2) is 221 Å². The third-order valence-electron chi connectivity index (χ3n) is 21.2. The van der Waals surface area contributed by atoms with Crippen LogP contribution in [0, 0.1) is 50.2 Å². The van der Waals surface area contributed by atoms with Gasteiger partial charge in [-0.1, -0.05) is 60.1 Å². The molecule has 0 aromatic heterocycles. The molecule has 4 aliphatic heterocycles. The lowest BCUT2D eigenvalue weighted by molar-refractivity contribution is -0.408. The number of fused-ring (bicyclic) bond motifs is 7. The molecule has 75 heavy (non-hydrogen) atoms. The molecule has 0 spiro atoms. The van der Waals surface area contributed by atoms with Crippen molar-refractivity contribution in [3.05, 3.63) is 11.6 Å². The summed E-state index contributed by atoms with van der Waals surface area (Å²) in [5, 5.41) is 143. The van der Waals surface area contributed by atoms with E-state index in [1.54, 1.807) is 0 Å². The standard InChI is InChI=1S/C53H86O22/c1-22-31(58)34(61)38(65)45(69-22)75-42-39(72-44-37(64)32(59)25(56)20-68-44)33(60)26(19-54)70-47(42)74-41-36(63)35(62)40(43(66)67)73-46(41)71-30-12-13-50(5)27(51(30,6)21-55)11-14-53(8)28(50)10-9-23-24-17-48(2,3)18-29(57)49(24,4)15-16-52(23,53)7/h9,22,24-42,44-47,54-65H,10-21H2,1-8H3,(H,66,67)/t22-,24-,25-,26+,27+,28+,29+,30-,31-,32-,33-,34+,35-,36-,37+,38+,39-,40-,41+,42+,44-,45-,46+,47-,49+,50-,51+,52+,53+/m0/s1. The van der Waals surface area contributed by atoms with Crippen LogP contribution in [0.2, 0.25) is 0 Å². The second-order valence-corrected chi connectivity index (χ2v) is 26.0. The molecule has 5 aliphatic carbocycles. The highest BCUT2D eigenvalue weighted by atomic mass is 16.8. The van der Waals surface area contributed by atoms with Gasteiger partial charge in [-0.05, 0) is 104 Å². The summed E-state index contributed by atoms with van der Waals surface area (Å²) in [5.74, 6) is -1.33. The molecule has 9 aliphatic rings. The van der Waals surface area contributed by atoms with Gasteiger partial charge in [-0.2, -0.15) is 0 Å². The van der Waals surface area contributed by atoms with Gasteiger partial charge in [0.05, 0.1) is 38.1 Å². The van der Waals surface area contributed by atoms with Gasteiger partial charge in [-0.15, -0.1) is 0 Å². The smallest absolute Gasteiger partial charge is 0.335 e. The summed E-state index contributed by atoms with van der Waals surface area (Å²) in [5.41, 5.74) is -0.335. The Kier molecular flexibility index (Phi) is 16.1. The van der Waals surface area contributed by atoms with E-state index < -0.39 is 154 Å². The maximum atomic E-state index is 12.7. The summed E-state index contributed by atoms with van der Waals surface area (Å²) in [6.07, 6.45) is -26.4. The van der Waals surface area contributed by atoms with Gasteiger partial charge in [0.1, 0.15) is 79.4 Å². The summed E-state index contributed by atoms with van der Waals surface area (Å²) in [6.45, 7) is 15.5. The Bertz CT molecular complexity index is 2080. The Morgan fingerprint density at radius 2 is 1.28 bits per heavy atom. The van der Waals surface area contributed by atoms with Crippen molar-refractivity contribution in [3.63, 3.8) is 0 Å². The zero-order valence-electron chi connectivity index (χ0n) is 44.4. The van der Waals surface area contributed by atoms with Gasteiger partial charge < -0.3 is 104 Å². The average Bonchev–Trinajstić information content (AvgIpc) is 3.37. The van der Waals surface area contributed by atoms with Crippen LogP contribution in [0.1, 0.15) is 113 Å². The van der Waals surface area contributed by atoms with Crippen molar-refractivity contribution in [2.24, 2.45) is 50.2 Å². The van der Waals surface area contributed by atoms with Crippen molar-refractivity contribution in [2.75, 3.05) is 19.8 Å². The Morgan fingerprint density at radius 1 is 0.627 bits per heavy atom. The molecule has 22 heteroatoms. The third kappa shape index (κ3) is 9.40. The number of carboxylic acid groups (broad SMARTS) is 1. The molecule has 8 fully saturated rings. The molecule has 0 aromatic carbocycles. The molecule has 29 atom stereocenters. The zero-order chi connectivity index (χ0) is 54.9. The lowest BCUT2D eigenvalue weighted by atomic mass is 9.33. The first-order valence-corrected chi connectivity index (χ1v) is 27.2. The molecule has 9 rings (SSSR count). The van der Waals surface area contributed by atoms with Crippen LogP contribution in [-0.2, 0) is 42.7 Å². The van der Waals surface area contributed by atoms with Crippen LogP contribution in [0.3, 0.4) is 0 Å². The SMILES string of the molecule is C[C@@H]1O[C@@H](O[C@H]2[C@H](O[C@H]3[C@H](O[C@H]4CC[C@@]5(C)[C@@H](CC[C@]6(C)[C@@H]5CC=C5[C@@H]7CC(C)(C)C[C@@H](O)[C@]7(C)CC[C@]56C)[C@@]4(C)CO)O[C@H](C(=O)O)[C@@H](O)[C@@H]3O)O[C@H](CO)[C@H](O)[C@@H]2O[C@@H]2OC[C@H](O)[C@H](O)[C@H]2O)[C@H](O)[C@H](O)[C@H]1O. The molecule has 4 saturated carbocycles. The normalized spacial score (nSPS) is 55.9. The first-order chi connectivity index (χ1) is 35.0. The van der Waals surface area contributed by atoms with E-state index in [9.17, 15) is 71.2 Å². The summed E-state index contributed by atoms with van der Waals surface area (Å²) in [4.78, 5) is 12.7. The molecule has 0 bridgehead atoms. The van der Waals surface area contributed by atoms with Crippen molar-refractivity contribution in [2.45, 2.75) is 242 Å². The maximum absolute atomic E-state index is 12.7. The van der Waals surface area contributed by atoms with E-state index in [2.05, 4.69) is 47.6 Å². The Morgan fingerprint density at radius 3 is 1.95 bits per heavy atom. The molecule has 4 saturated heterocycles. The van der Waals surface area contributed by atoms with Crippen LogP contribution in [0.25, 0.3) is 0 Å². The Hall–Kier alpha value is -1.59. The maximum Gasteiger partial charge on any atom is 0.335 e. The fourth-order valence-electron chi connectivity index (χ4n) is 16.3. The van der Waals surface area contributed by atoms with Crippen molar-refractivity contribution in [1.29, 1.82) is 0 Å². The van der Waals surface area contributed by atoms with Crippen molar-refractivity contribution in [1.82, 2.24) is 0 Å².